The van der Waals surface area contributed by atoms with Gasteiger partial charge in [0.15, 0.2) is 0 Å². The van der Waals surface area contributed by atoms with Crippen molar-refractivity contribution in [3.8, 4) is 0 Å². The zero-order valence-corrected chi connectivity index (χ0v) is 16.4. The molecule has 0 aliphatic carbocycles. The lowest BCUT2D eigenvalue weighted by molar-refractivity contribution is -0.382. The molecule has 2 aliphatic heterocycles. The quantitative estimate of drug-likeness (QED) is 0.802. The molecule has 0 saturated carbocycles. The highest BCUT2D eigenvalue weighted by atomic mass is 17.2. The molecule has 2 heterocycles. The molecule has 1 amide bonds. The lowest BCUT2D eigenvalue weighted by atomic mass is 9.99. The summed E-state index contributed by atoms with van der Waals surface area (Å²) >= 11 is 0. The number of carbonyl (C=O) groups is 1. The molecule has 2 fully saturated rings. The number of hydrogen-bond donors (Lipinski definition) is 1. The second-order valence-electron chi connectivity index (χ2n) is 7.85. The molecule has 150 valence electrons. The normalized spacial score (nSPS) is 26.3. The molecule has 8 nitrogen and oxygen atoms in total. The van der Waals surface area contributed by atoms with Crippen molar-refractivity contribution in [3.05, 3.63) is 29.8 Å². The predicted octanol–water partition coefficient (Wildman–Crippen LogP) is 1.83. The first-order valence-corrected chi connectivity index (χ1v) is 9.20. The number of amides is 1. The number of benzene rings is 1. The SMILES string of the molecule is COC1(c2ccc(N3CCN(C(=O)OC(C)(C)C)CC3)cc2)OOCC1N. The van der Waals surface area contributed by atoms with Gasteiger partial charge < -0.3 is 25.0 Å². The van der Waals surface area contributed by atoms with E-state index in [1.54, 1.807) is 12.0 Å². The van der Waals surface area contributed by atoms with Crippen molar-refractivity contribution < 1.29 is 24.0 Å². The molecule has 2 aliphatic rings. The largest absolute Gasteiger partial charge is 0.444 e. The highest BCUT2D eigenvalue weighted by Gasteiger charge is 2.47. The maximum Gasteiger partial charge on any atom is 0.410 e. The molecule has 2 atom stereocenters. The summed E-state index contributed by atoms with van der Waals surface area (Å²) in [5.41, 5.74) is 7.49. The van der Waals surface area contributed by atoms with Crippen molar-refractivity contribution in [2.45, 2.75) is 38.2 Å². The standard InChI is InChI=1S/C19H29N3O5/c1-18(2,3)26-17(23)22-11-9-21(10-12-22)15-7-5-14(6-8-15)19(24-4)16(20)13-25-27-19/h5-8,16H,9-13,20H2,1-4H3. The summed E-state index contributed by atoms with van der Waals surface area (Å²) in [6, 6.07) is 7.49. The van der Waals surface area contributed by atoms with Crippen molar-refractivity contribution in [2.24, 2.45) is 5.73 Å². The first-order valence-electron chi connectivity index (χ1n) is 9.20. The Labute approximate surface area is 160 Å². The maximum atomic E-state index is 12.2. The number of methoxy groups -OCH3 is 1. The molecular formula is C19H29N3O5. The molecule has 2 saturated heterocycles. The minimum absolute atomic E-state index is 0.257. The number of ether oxygens (including phenoxy) is 2. The fourth-order valence-electron chi connectivity index (χ4n) is 3.31. The summed E-state index contributed by atoms with van der Waals surface area (Å²) in [6.07, 6.45) is -0.257. The second-order valence-corrected chi connectivity index (χ2v) is 7.85. The molecular weight excluding hydrogens is 350 g/mol. The molecule has 1 aromatic rings. The third-order valence-electron chi connectivity index (χ3n) is 4.79. The van der Waals surface area contributed by atoms with E-state index in [-0.39, 0.29) is 12.7 Å². The maximum absolute atomic E-state index is 12.2. The first kappa shape index (κ1) is 19.9. The Hall–Kier alpha value is -1.87. The molecule has 3 rings (SSSR count). The molecule has 0 aromatic heterocycles. The van der Waals surface area contributed by atoms with Crippen LogP contribution in [-0.4, -0.2) is 62.5 Å². The molecule has 27 heavy (non-hydrogen) atoms. The van der Waals surface area contributed by atoms with E-state index in [9.17, 15) is 4.79 Å². The predicted molar refractivity (Wildman–Crippen MR) is 100 cm³/mol. The number of nitrogens with zero attached hydrogens (tertiary/aromatic N) is 2. The number of carbonyl (C=O) groups excluding carboxylic acids is 1. The Morgan fingerprint density at radius 3 is 2.30 bits per heavy atom. The average molecular weight is 379 g/mol. The van der Waals surface area contributed by atoms with E-state index >= 15 is 0 Å². The molecule has 2 unspecified atom stereocenters. The van der Waals surface area contributed by atoms with Crippen LogP contribution < -0.4 is 10.6 Å². The van der Waals surface area contributed by atoms with E-state index < -0.39 is 17.4 Å². The summed E-state index contributed by atoms with van der Waals surface area (Å²) in [5, 5.41) is 0. The monoisotopic (exact) mass is 379 g/mol. The molecule has 1 aromatic carbocycles. The van der Waals surface area contributed by atoms with Crippen LogP contribution in [0.2, 0.25) is 0 Å². The van der Waals surface area contributed by atoms with Crippen molar-refractivity contribution >= 4 is 11.8 Å². The number of nitrogens with two attached hydrogens (primary N) is 1. The summed E-state index contributed by atoms with van der Waals surface area (Å²) < 4.78 is 11.0. The van der Waals surface area contributed by atoms with E-state index in [0.717, 1.165) is 24.3 Å². The number of rotatable bonds is 3. The van der Waals surface area contributed by atoms with Gasteiger partial charge in [0.2, 0.25) is 5.79 Å². The van der Waals surface area contributed by atoms with Gasteiger partial charge in [0.05, 0.1) is 6.04 Å². The van der Waals surface area contributed by atoms with Crippen LogP contribution in [0.3, 0.4) is 0 Å². The Morgan fingerprint density at radius 1 is 1.19 bits per heavy atom. The van der Waals surface area contributed by atoms with Gasteiger partial charge in [-0.05, 0) is 32.9 Å². The Balaban J connectivity index is 1.62. The van der Waals surface area contributed by atoms with Gasteiger partial charge in [-0.25, -0.2) is 9.68 Å². The van der Waals surface area contributed by atoms with Crippen LogP contribution in [0.4, 0.5) is 10.5 Å². The zero-order valence-electron chi connectivity index (χ0n) is 16.4. The Bertz CT molecular complexity index is 652. The molecule has 0 spiro atoms. The van der Waals surface area contributed by atoms with Crippen molar-refractivity contribution in [3.63, 3.8) is 0 Å². The minimum Gasteiger partial charge on any atom is -0.444 e. The number of hydrogen-bond acceptors (Lipinski definition) is 7. The van der Waals surface area contributed by atoms with Crippen molar-refractivity contribution in [1.29, 1.82) is 0 Å². The fourth-order valence-corrected chi connectivity index (χ4v) is 3.31. The number of anilines is 1. The average Bonchev–Trinajstić information content (AvgIpc) is 3.02. The lowest BCUT2D eigenvalue weighted by Gasteiger charge is -2.37. The third kappa shape index (κ3) is 4.19. The first-order chi connectivity index (χ1) is 12.7. The van der Waals surface area contributed by atoms with Crippen molar-refractivity contribution in [1.82, 2.24) is 4.90 Å². The molecule has 0 bridgehead atoms. The highest BCUT2D eigenvalue weighted by molar-refractivity contribution is 5.68. The topological polar surface area (TPSA) is 86.5 Å². The second kappa shape index (κ2) is 7.63. The van der Waals surface area contributed by atoms with Gasteiger partial charge in [-0.1, -0.05) is 12.1 Å². The van der Waals surface area contributed by atoms with Gasteiger partial charge in [-0.3, -0.25) is 0 Å². The van der Waals surface area contributed by atoms with Crippen LogP contribution in [0, 0.1) is 0 Å². The summed E-state index contributed by atoms with van der Waals surface area (Å²) in [4.78, 5) is 26.5. The lowest BCUT2D eigenvalue weighted by Crippen LogP contribution is -2.50. The molecule has 8 heteroatoms. The van der Waals surface area contributed by atoms with Crippen LogP contribution in [0.15, 0.2) is 24.3 Å². The van der Waals surface area contributed by atoms with E-state index in [1.807, 2.05) is 45.0 Å². The number of piperazine rings is 1. The van der Waals surface area contributed by atoms with Gasteiger partial charge in [-0.2, -0.15) is 4.89 Å². The smallest absolute Gasteiger partial charge is 0.410 e. The van der Waals surface area contributed by atoms with Gasteiger partial charge in [-0.15, -0.1) is 0 Å². The van der Waals surface area contributed by atoms with Gasteiger partial charge in [0.1, 0.15) is 12.2 Å². The van der Waals surface area contributed by atoms with Crippen LogP contribution in [0.25, 0.3) is 0 Å². The van der Waals surface area contributed by atoms with Crippen LogP contribution >= 0.6 is 0 Å². The van der Waals surface area contributed by atoms with E-state index in [0.29, 0.717) is 13.1 Å². The van der Waals surface area contributed by atoms with Gasteiger partial charge in [0.25, 0.3) is 0 Å². The van der Waals surface area contributed by atoms with Gasteiger partial charge in [0, 0.05) is 44.5 Å². The summed E-state index contributed by atoms with van der Waals surface area (Å²) in [6.45, 7) is 8.64. The molecule has 2 N–H and O–H groups in total. The van der Waals surface area contributed by atoms with Crippen molar-refractivity contribution in [2.75, 3.05) is 44.8 Å². The zero-order chi connectivity index (χ0) is 19.7. The van der Waals surface area contributed by atoms with Crippen LogP contribution in [-0.2, 0) is 25.0 Å². The van der Waals surface area contributed by atoms with E-state index in [2.05, 4.69) is 4.90 Å². The van der Waals surface area contributed by atoms with Gasteiger partial charge >= 0.3 is 6.09 Å². The fraction of sp³-hybridized carbons (Fsp3) is 0.632. The Morgan fingerprint density at radius 2 is 1.81 bits per heavy atom. The summed E-state index contributed by atoms with van der Waals surface area (Å²) in [5.74, 6) is -1.08. The minimum atomic E-state index is -1.08. The van der Waals surface area contributed by atoms with Crippen LogP contribution in [0.5, 0.6) is 0 Å². The summed E-state index contributed by atoms with van der Waals surface area (Å²) in [7, 11) is 1.55. The van der Waals surface area contributed by atoms with E-state index in [1.165, 1.54) is 0 Å². The van der Waals surface area contributed by atoms with Crippen LogP contribution in [0.1, 0.15) is 26.3 Å². The third-order valence-corrected chi connectivity index (χ3v) is 4.79. The highest BCUT2D eigenvalue weighted by Crippen LogP contribution is 2.35. The van der Waals surface area contributed by atoms with E-state index in [4.69, 9.17) is 25.0 Å². The molecule has 0 radical (unpaired) electrons. The Kier molecular flexibility index (Phi) is 5.62.